The first-order valence-corrected chi connectivity index (χ1v) is 10.6. The molecule has 0 saturated carbocycles. The highest BCUT2D eigenvalue weighted by Gasteiger charge is 2.38. The van der Waals surface area contributed by atoms with Crippen molar-refractivity contribution in [3.63, 3.8) is 0 Å². The van der Waals surface area contributed by atoms with E-state index in [1.807, 2.05) is 0 Å². The average Bonchev–Trinajstić information content (AvgIpc) is 2.80. The van der Waals surface area contributed by atoms with Crippen LogP contribution in [0.5, 0.6) is 0 Å². The van der Waals surface area contributed by atoms with E-state index in [1.54, 1.807) is 0 Å². The quantitative estimate of drug-likeness (QED) is 0.200. The maximum atomic E-state index is 13.4. The summed E-state index contributed by atoms with van der Waals surface area (Å²) in [5.74, 6) is -1.12. The van der Waals surface area contributed by atoms with Gasteiger partial charge in [-0.15, -0.1) is 11.6 Å². The van der Waals surface area contributed by atoms with Crippen molar-refractivity contribution in [2.75, 3.05) is 17.8 Å². The molecule has 37 heavy (non-hydrogen) atoms. The molecule has 1 aromatic heterocycles. The molecule has 3 aromatic rings. The third-order valence-electron chi connectivity index (χ3n) is 4.76. The van der Waals surface area contributed by atoms with E-state index in [9.17, 15) is 44.3 Å². The monoisotopic (exact) mass is 559 g/mol. The molecule has 0 fully saturated rings. The molecular formula is C22H15ClF9N3O2. The first-order valence-electron chi connectivity index (χ1n) is 10.1. The lowest BCUT2D eigenvalue weighted by molar-refractivity contribution is -0.143. The topological polar surface area (TPSA) is 56.1 Å². The fourth-order valence-electron chi connectivity index (χ4n) is 3.18. The summed E-state index contributed by atoms with van der Waals surface area (Å²) in [7, 11) is 0. The summed E-state index contributed by atoms with van der Waals surface area (Å²) < 4.78 is 126. The van der Waals surface area contributed by atoms with Crippen LogP contribution in [0.2, 0.25) is 0 Å². The Morgan fingerprint density at radius 2 is 1.43 bits per heavy atom. The zero-order valence-corrected chi connectivity index (χ0v) is 18.9. The van der Waals surface area contributed by atoms with Crippen LogP contribution in [-0.4, -0.2) is 22.0 Å². The molecule has 0 spiro atoms. The minimum Gasteiger partial charge on any atom is -0.353 e. The summed E-state index contributed by atoms with van der Waals surface area (Å²) in [4.78, 5) is 16.0. The average molecular weight is 560 g/mol. The molecule has 5 nitrogen and oxygen atoms in total. The summed E-state index contributed by atoms with van der Waals surface area (Å²) in [6.45, 7) is -0.439. The van der Waals surface area contributed by atoms with Crippen LogP contribution in [0, 0.1) is 0 Å². The number of hydrogen-bond donors (Lipinski definition) is 1. The molecule has 0 bridgehead atoms. The smallest absolute Gasteiger partial charge is 0.353 e. The molecule has 200 valence electrons. The second-order valence-corrected chi connectivity index (χ2v) is 7.77. The number of aromatic nitrogens is 2. The van der Waals surface area contributed by atoms with Crippen LogP contribution in [0.15, 0.2) is 59.4 Å². The molecule has 0 aliphatic rings. The van der Waals surface area contributed by atoms with Crippen LogP contribution in [0.4, 0.5) is 45.5 Å². The largest absolute Gasteiger partial charge is 0.433 e. The lowest BCUT2D eigenvalue weighted by atomic mass is 10.0. The minimum atomic E-state index is -5.20. The van der Waals surface area contributed by atoms with Gasteiger partial charge in [0.05, 0.1) is 23.4 Å². The Hall–Kier alpha value is -3.26. The molecule has 0 amide bonds. The lowest BCUT2D eigenvalue weighted by Crippen LogP contribution is -2.29. The number of benzene rings is 2. The van der Waals surface area contributed by atoms with Crippen LogP contribution < -0.4 is 10.9 Å². The van der Waals surface area contributed by atoms with Crippen LogP contribution in [0.25, 0.3) is 5.69 Å². The van der Waals surface area contributed by atoms with Crippen molar-refractivity contribution in [3.05, 3.63) is 87.3 Å². The molecule has 1 heterocycles. The molecule has 0 saturated heterocycles. The van der Waals surface area contributed by atoms with Gasteiger partial charge >= 0.3 is 18.5 Å². The highest BCUT2D eigenvalue weighted by atomic mass is 35.5. The molecule has 1 unspecified atom stereocenters. The number of ether oxygens (including phenoxy) is 1. The Kier molecular flexibility index (Phi) is 8.12. The summed E-state index contributed by atoms with van der Waals surface area (Å²) in [5.41, 5.74) is -6.99. The van der Waals surface area contributed by atoms with Gasteiger partial charge in [0.2, 0.25) is 5.95 Å². The molecule has 0 aliphatic carbocycles. The second-order valence-electron chi connectivity index (χ2n) is 7.40. The van der Waals surface area contributed by atoms with Gasteiger partial charge in [-0.1, -0.05) is 18.2 Å². The lowest BCUT2D eigenvalue weighted by Gasteiger charge is -2.24. The highest BCUT2D eigenvalue weighted by molar-refractivity contribution is 6.17. The van der Waals surface area contributed by atoms with E-state index in [0.717, 1.165) is 0 Å². The van der Waals surface area contributed by atoms with E-state index in [1.165, 1.54) is 30.3 Å². The van der Waals surface area contributed by atoms with E-state index in [0.29, 0.717) is 16.7 Å². The first kappa shape index (κ1) is 28.3. The SMILES string of the molecule is O=c1cc(C(F)(F)F)nc(NC(OCCCl)c2cc(C(F)(F)F)cc(C(F)(F)F)c2)n1-c1ccccc1. The molecule has 15 heteroatoms. The number of hydrogen-bond acceptors (Lipinski definition) is 4. The van der Waals surface area contributed by atoms with Gasteiger partial charge < -0.3 is 10.1 Å². The Balaban J connectivity index is 2.23. The van der Waals surface area contributed by atoms with Gasteiger partial charge in [-0.05, 0) is 30.3 Å². The number of rotatable bonds is 7. The van der Waals surface area contributed by atoms with E-state index in [-0.39, 0.29) is 23.7 Å². The van der Waals surface area contributed by atoms with Gasteiger partial charge in [0.15, 0.2) is 11.9 Å². The van der Waals surface area contributed by atoms with Gasteiger partial charge in [-0.25, -0.2) is 9.55 Å². The summed E-state index contributed by atoms with van der Waals surface area (Å²) in [6.07, 6.45) is -17.4. The molecule has 2 aromatic carbocycles. The molecular weight excluding hydrogens is 545 g/mol. The van der Waals surface area contributed by atoms with Gasteiger partial charge in [0, 0.05) is 17.5 Å². The third kappa shape index (κ3) is 6.95. The van der Waals surface area contributed by atoms with Crippen LogP contribution in [0.3, 0.4) is 0 Å². The van der Waals surface area contributed by atoms with Gasteiger partial charge in [-0.2, -0.15) is 39.5 Å². The fourth-order valence-corrected chi connectivity index (χ4v) is 3.27. The summed E-state index contributed by atoms with van der Waals surface area (Å²) in [6, 6.07) is 7.79. The summed E-state index contributed by atoms with van der Waals surface area (Å²) >= 11 is 5.55. The van der Waals surface area contributed by atoms with Gasteiger partial charge in [0.25, 0.3) is 5.56 Å². The normalized spacial score (nSPS) is 13.5. The Morgan fingerprint density at radius 1 is 0.865 bits per heavy atom. The van der Waals surface area contributed by atoms with E-state index in [2.05, 4.69) is 10.3 Å². The Bertz CT molecular complexity index is 1260. The number of para-hydroxylation sites is 1. The first-order chi connectivity index (χ1) is 17.1. The van der Waals surface area contributed by atoms with Crippen molar-refractivity contribution in [1.29, 1.82) is 0 Å². The third-order valence-corrected chi connectivity index (χ3v) is 4.91. The zero-order valence-electron chi connectivity index (χ0n) is 18.2. The zero-order chi connectivity index (χ0) is 27.6. The fraction of sp³-hybridized carbons (Fsp3) is 0.273. The molecule has 0 aliphatic heterocycles. The Labute approximate surface area is 207 Å². The van der Waals surface area contributed by atoms with Crippen LogP contribution in [-0.2, 0) is 23.3 Å². The maximum Gasteiger partial charge on any atom is 0.433 e. The van der Waals surface area contributed by atoms with Gasteiger partial charge in [0.1, 0.15) is 0 Å². The van der Waals surface area contributed by atoms with E-state index < -0.39 is 65.3 Å². The second kappa shape index (κ2) is 10.6. The van der Waals surface area contributed by atoms with Gasteiger partial charge in [-0.3, -0.25) is 4.79 Å². The van der Waals surface area contributed by atoms with Crippen LogP contribution in [0.1, 0.15) is 28.6 Å². The number of nitrogens with zero attached hydrogens (tertiary/aromatic N) is 2. The number of anilines is 1. The van der Waals surface area contributed by atoms with Crippen LogP contribution >= 0.6 is 11.6 Å². The van der Waals surface area contributed by atoms with Crippen molar-refractivity contribution in [3.8, 4) is 5.69 Å². The standard InChI is InChI=1S/C22H15ClF9N3O2/c23-6-7-37-18(12-8-13(20(24,25)26)10-14(9-12)21(27,28)29)34-19-33-16(22(30,31)32)11-17(36)35(19)15-4-2-1-3-5-15/h1-5,8-11,18H,6-7H2,(H,33,34). The molecule has 1 N–H and O–H groups in total. The molecule has 1 atom stereocenters. The predicted molar refractivity (Wildman–Crippen MR) is 114 cm³/mol. The Morgan fingerprint density at radius 3 is 1.92 bits per heavy atom. The van der Waals surface area contributed by atoms with Crippen molar-refractivity contribution >= 4 is 17.5 Å². The molecule has 0 radical (unpaired) electrons. The van der Waals surface area contributed by atoms with Crippen molar-refractivity contribution in [2.45, 2.75) is 24.8 Å². The highest BCUT2D eigenvalue weighted by Crippen LogP contribution is 2.38. The van der Waals surface area contributed by atoms with E-state index >= 15 is 0 Å². The molecule has 3 rings (SSSR count). The van der Waals surface area contributed by atoms with E-state index in [4.69, 9.17) is 16.3 Å². The summed E-state index contributed by atoms with van der Waals surface area (Å²) in [5, 5.41) is 2.24. The number of nitrogens with one attached hydrogen (secondary N) is 1. The number of alkyl halides is 10. The van der Waals surface area contributed by atoms with Crippen molar-refractivity contribution < 1.29 is 44.3 Å². The van der Waals surface area contributed by atoms with Crippen molar-refractivity contribution in [1.82, 2.24) is 9.55 Å². The minimum absolute atomic E-state index is 0.00680. The number of halogens is 10. The van der Waals surface area contributed by atoms with Crippen molar-refractivity contribution in [2.24, 2.45) is 0 Å². The predicted octanol–water partition coefficient (Wildman–Crippen LogP) is 6.66. The maximum absolute atomic E-state index is 13.4.